The summed E-state index contributed by atoms with van der Waals surface area (Å²) in [6, 6.07) is 1.32. The van der Waals surface area contributed by atoms with Crippen molar-refractivity contribution >= 4 is 19.3 Å². The molecule has 1 amide bonds. The van der Waals surface area contributed by atoms with Gasteiger partial charge in [0.25, 0.3) is 0 Å². The Balaban J connectivity index is 0. The second-order valence-electron chi connectivity index (χ2n) is 2.20. The molecular formula is C5H5N2Na2O5P. The molecule has 0 aliphatic heterocycles. The predicted molar refractivity (Wildman–Crippen MR) is 37.6 cm³/mol. The summed E-state index contributed by atoms with van der Waals surface area (Å²) in [6.45, 7) is 0. The minimum Gasteiger partial charge on any atom is -0.810 e. The van der Waals surface area contributed by atoms with Crippen molar-refractivity contribution in [3.8, 4) is 0 Å². The van der Waals surface area contributed by atoms with Crippen molar-refractivity contribution in [2.45, 2.75) is 0 Å². The Bertz CT molecular complexity index is 337. The van der Waals surface area contributed by atoms with Gasteiger partial charge in [0, 0.05) is 6.07 Å². The SMILES string of the molecule is O=C(CP(=O)([O-])[O-])Nc1ccon1.[Na+].[Na+]. The van der Waals surface area contributed by atoms with E-state index >= 15 is 0 Å². The number of nitrogens with zero attached hydrogens (tertiary/aromatic N) is 1. The Labute approximate surface area is 130 Å². The fourth-order valence-corrected chi connectivity index (χ4v) is 1.07. The Morgan fingerprint density at radius 2 is 2.13 bits per heavy atom. The van der Waals surface area contributed by atoms with Crippen molar-refractivity contribution in [1.29, 1.82) is 0 Å². The van der Waals surface area contributed by atoms with Gasteiger partial charge in [-0.05, 0) is 0 Å². The van der Waals surface area contributed by atoms with Crippen LogP contribution in [0.4, 0.5) is 5.82 Å². The van der Waals surface area contributed by atoms with Crippen LogP contribution in [0.25, 0.3) is 0 Å². The second kappa shape index (κ2) is 8.00. The summed E-state index contributed by atoms with van der Waals surface area (Å²) in [6.07, 6.45) is 0.115. The summed E-state index contributed by atoms with van der Waals surface area (Å²) in [5, 5.41) is 5.35. The van der Waals surface area contributed by atoms with Crippen LogP contribution >= 0.6 is 7.60 Å². The third-order valence-corrected chi connectivity index (χ3v) is 1.72. The van der Waals surface area contributed by atoms with Gasteiger partial charge in [0.1, 0.15) is 6.26 Å². The van der Waals surface area contributed by atoms with Crippen LogP contribution in [-0.4, -0.2) is 17.2 Å². The van der Waals surface area contributed by atoms with Crippen molar-refractivity contribution in [2.75, 3.05) is 11.5 Å². The standard InChI is InChI=1S/C5H7N2O5P.2Na/c8-5(3-13(9,10)11)6-4-1-2-12-7-4;;/h1-2H,3H2,(H,6,7,8)(H2,9,10,11);;/q;2*+1/p-2. The number of carbonyl (C=O) groups excluding carboxylic acids is 1. The van der Waals surface area contributed by atoms with E-state index in [-0.39, 0.29) is 64.9 Å². The topological polar surface area (TPSA) is 118 Å². The van der Waals surface area contributed by atoms with Gasteiger partial charge in [-0.15, -0.1) is 0 Å². The van der Waals surface area contributed by atoms with Crippen molar-refractivity contribution in [3.63, 3.8) is 0 Å². The molecule has 1 aromatic heterocycles. The van der Waals surface area contributed by atoms with Gasteiger partial charge in [-0.25, -0.2) is 0 Å². The molecule has 0 aliphatic carbocycles. The molecule has 1 N–H and O–H groups in total. The van der Waals surface area contributed by atoms with Crippen LogP contribution in [0.1, 0.15) is 0 Å². The molecule has 0 unspecified atom stereocenters. The van der Waals surface area contributed by atoms with Gasteiger partial charge in [0.15, 0.2) is 5.82 Å². The third kappa shape index (κ3) is 8.62. The van der Waals surface area contributed by atoms with Crippen molar-refractivity contribution in [2.24, 2.45) is 0 Å². The summed E-state index contributed by atoms with van der Waals surface area (Å²) in [5.41, 5.74) is 0. The molecule has 10 heteroatoms. The fraction of sp³-hybridized carbons (Fsp3) is 0.200. The average Bonchev–Trinajstić information content (AvgIpc) is 2.34. The number of nitrogens with one attached hydrogen (secondary N) is 1. The number of rotatable bonds is 3. The van der Waals surface area contributed by atoms with Gasteiger partial charge in [0.2, 0.25) is 5.91 Å². The molecule has 7 nitrogen and oxygen atoms in total. The van der Waals surface area contributed by atoms with Crippen LogP contribution in [0.2, 0.25) is 0 Å². The molecule has 1 aromatic rings. The maximum atomic E-state index is 10.8. The van der Waals surface area contributed by atoms with Crippen LogP contribution in [0.3, 0.4) is 0 Å². The van der Waals surface area contributed by atoms with Gasteiger partial charge in [-0.2, -0.15) is 0 Å². The van der Waals surface area contributed by atoms with E-state index in [1.165, 1.54) is 12.3 Å². The van der Waals surface area contributed by atoms with Gasteiger partial charge < -0.3 is 24.2 Å². The number of anilines is 1. The van der Waals surface area contributed by atoms with Crippen LogP contribution in [-0.2, 0) is 9.36 Å². The Morgan fingerprint density at radius 1 is 1.53 bits per heavy atom. The second-order valence-corrected chi connectivity index (χ2v) is 3.74. The first kappa shape index (κ1) is 18.2. The molecule has 0 atom stereocenters. The van der Waals surface area contributed by atoms with Crippen LogP contribution in [0, 0.1) is 0 Å². The largest absolute Gasteiger partial charge is 1.00 e. The Kier molecular flexibility index (Phi) is 9.71. The number of amides is 1. The van der Waals surface area contributed by atoms with E-state index < -0.39 is 19.7 Å². The number of hydrogen-bond acceptors (Lipinski definition) is 6. The minimum atomic E-state index is -4.81. The zero-order valence-electron chi connectivity index (χ0n) is 8.30. The van der Waals surface area contributed by atoms with E-state index in [9.17, 15) is 19.1 Å². The molecule has 0 radical (unpaired) electrons. The minimum absolute atomic E-state index is 0. The summed E-state index contributed by atoms with van der Waals surface area (Å²) >= 11 is 0. The first-order valence-electron chi connectivity index (χ1n) is 3.19. The summed E-state index contributed by atoms with van der Waals surface area (Å²) < 4.78 is 14.5. The molecule has 1 rings (SSSR count). The van der Waals surface area contributed by atoms with Gasteiger partial charge in [-0.1, -0.05) is 12.8 Å². The summed E-state index contributed by atoms with van der Waals surface area (Å²) in [4.78, 5) is 31.0. The van der Waals surface area contributed by atoms with E-state index in [4.69, 9.17) is 0 Å². The molecule has 0 spiro atoms. The normalized spacial score (nSPS) is 9.73. The molecular weight excluding hydrogens is 245 g/mol. The van der Waals surface area contributed by atoms with Crippen molar-refractivity contribution in [3.05, 3.63) is 12.3 Å². The molecule has 0 aromatic carbocycles. The predicted octanol–water partition coefficient (Wildman–Crippen LogP) is -7.47. The van der Waals surface area contributed by atoms with Crippen LogP contribution in [0.15, 0.2) is 16.9 Å². The molecule has 0 bridgehead atoms. The molecule has 15 heavy (non-hydrogen) atoms. The van der Waals surface area contributed by atoms with E-state index in [0.717, 1.165) is 0 Å². The molecule has 0 aliphatic rings. The van der Waals surface area contributed by atoms with E-state index in [2.05, 4.69) is 15.0 Å². The van der Waals surface area contributed by atoms with Crippen LogP contribution < -0.4 is 74.2 Å². The first-order valence-corrected chi connectivity index (χ1v) is 4.91. The molecule has 72 valence electrons. The zero-order valence-corrected chi connectivity index (χ0v) is 13.2. The van der Waals surface area contributed by atoms with Crippen molar-refractivity contribution in [1.82, 2.24) is 5.16 Å². The summed E-state index contributed by atoms with van der Waals surface area (Å²) in [5.74, 6) is -0.860. The first-order chi connectivity index (χ1) is 5.97. The quantitative estimate of drug-likeness (QED) is 0.420. The van der Waals surface area contributed by atoms with E-state index in [0.29, 0.717) is 0 Å². The smallest absolute Gasteiger partial charge is 0.810 e. The van der Waals surface area contributed by atoms with Gasteiger partial charge >= 0.3 is 59.1 Å². The number of aromatic nitrogens is 1. The van der Waals surface area contributed by atoms with Gasteiger partial charge in [-0.3, -0.25) is 4.79 Å². The molecule has 1 heterocycles. The Morgan fingerprint density at radius 3 is 2.53 bits per heavy atom. The maximum absolute atomic E-state index is 10.8. The summed E-state index contributed by atoms with van der Waals surface area (Å²) in [7, 11) is -4.81. The maximum Gasteiger partial charge on any atom is 1.00 e. The van der Waals surface area contributed by atoms with Gasteiger partial charge in [0.05, 0.1) is 6.16 Å². The Hall–Kier alpha value is 0.830. The molecule has 0 fully saturated rings. The molecule has 0 saturated carbocycles. The zero-order chi connectivity index (χ0) is 9.90. The average molecular weight is 250 g/mol. The van der Waals surface area contributed by atoms with Crippen molar-refractivity contribution < 1.29 is 82.8 Å². The number of carbonyl (C=O) groups is 1. The molecule has 0 saturated heterocycles. The van der Waals surface area contributed by atoms with E-state index in [1.807, 2.05) is 0 Å². The third-order valence-electron chi connectivity index (χ3n) is 1.04. The number of hydrogen-bond donors (Lipinski definition) is 1. The monoisotopic (exact) mass is 250 g/mol. The fourth-order valence-electron chi connectivity index (χ4n) is 0.635. The van der Waals surface area contributed by atoms with E-state index in [1.54, 1.807) is 0 Å². The van der Waals surface area contributed by atoms with Crippen LogP contribution in [0.5, 0.6) is 0 Å².